The van der Waals surface area contributed by atoms with Crippen LogP contribution < -0.4 is 5.32 Å². The molecule has 0 radical (unpaired) electrons. The van der Waals surface area contributed by atoms with Crippen LogP contribution in [0.4, 0.5) is 0 Å². The first-order chi connectivity index (χ1) is 7.45. The molecule has 0 fully saturated rings. The van der Waals surface area contributed by atoms with Crippen LogP contribution >= 0.6 is 0 Å². The van der Waals surface area contributed by atoms with Gasteiger partial charge in [-0.05, 0) is 24.7 Å². The molecule has 0 heterocycles. The van der Waals surface area contributed by atoms with Crippen molar-refractivity contribution in [2.24, 2.45) is 5.41 Å². The summed E-state index contributed by atoms with van der Waals surface area (Å²) in [4.78, 5) is 11.5. The quantitative estimate of drug-likeness (QED) is 0.626. The highest BCUT2D eigenvalue weighted by Crippen LogP contribution is 2.21. The fraction of sp³-hybridized carbons (Fsp3) is 0.929. The van der Waals surface area contributed by atoms with Gasteiger partial charge in [-0.15, -0.1) is 0 Å². The predicted molar refractivity (Wildman–Crippen MR) is 70.5 cm³/mol. The van der Waals surface area contributed by atoms with Gasteiger partial charge in [0.2, 0.25) is 5.91 Å². The van der Waals surface area contributed by atoms with E-state index in [2.05, 4.69) is 33.0 Å². The lowest BCUT2D eigenvalue weighted by Gasteiger charge is -2.17. The lowest BCUT2D eigenvalue weighted by atomic mass is 9.90. The minimum absolute atomic E-state index is 0.223. The van der Waals surface area contributed by atoms with E-state index >= 15 is 0 Å². The van der Waals surface area contributed by atoms with Gasteiger partial charge in [-0.2, -0.15) is 0 Å². The van der Waals surface area contributed by atoms with Crippen molar-refractivity contribution in [3.63, 3.8) is 0 Å². The summed E-state index contributed by atoms with van der Waals surface area (Å²) in [6.45, 7) is 9.71. The Balaban J connectivity index is 3.32. The number of amides is 1. The zero-order valence-corrected chi connectivity index (χ0v) is 11.6. The Kier molecular flexibility index (Phi) is 8.32. The van der Waals surface area contributed by atoms with Crippen molar-refractivity contribution in [2.75, 3.05) is 6.54 Å². The van der Waals surface area contributed by atoms with Gasteiger partial charge in [0, 0.05) is 13.0 Å². The Bertz CT molecular complexity index is 182. The molecular formula is C14H29NO. The van der Waals surface area contributed by atoms with Gasteiger partial charge in [0.1, 0.15) is 0 Å². The highest BCUT2D eigenvalue weighted by Gasteiger charge is 2.10. The molecule has 0 aromatic carbocycles. The van der Waals surface area contributed by atoms with Gasteiger partial charge in [-0.1, -0.05) is 47.0 Å². The monoisotopic (exact) mass is 227 g/mol. The molecule has 0 aliphatic rings. The highest BCUT2D eigenvalue weighted by molar-refractivity contribution is 5.75. The summed E-state index contributed by atoms with van der Waals surface area (Å²) in [6, 6.07) is 0. The molecule has 0 unspecified atom stereocenters. The molecule has 2 nitrogen and oxygen atoms in total. The van der Waals surface area contributed by atoms with Gasteiger partial charge < -0.3 is 5.32 Å². The third-order valence-corrected chi connectivity index (χ3v) is 2.68. The molecule has 0 saturated carbocycles. The Labute approximate surface area is 101 Å². The van der Waals surface area contributed by atoms with Gasteiger partial charge in [0.15, 0.2) is 0 Å². The first-order valence-electron chi connectivity index (χ1n) is 6.72. The van der Waals surface area contributed by atoms with Crippen LogP contribution in [0.2, 0.25) is 0 Å². The first-order valence-corrected chi connectivity index (χ1v) is 6.72. The number of carbonyl (C=O) groups is 1. The summed E-state index contributed by atoms with van der Waals surface area (Å²) in [5.41, 5.74) is 0.349. The molecule has 0 aromatic rings. The van der Waals surface area contributed by atoms with E-state index in [1.807, 2.05) is 0 Å². The largest absolute Gasteiger partial charge is 0.356 e. The Morgan fingerprint density at radius 2 is 1.75 bits per heavy atom. The fourth-order valence-electron chi connectivity index (χ4n) is 1.65. The Morgan fingerprint density at radius 3 is 2.31 bits per heavy atom. The van der Waals surface area contributed by atoms with Crippen LogP contribution in [0.25, 0.3) is 0 Å². The minimum atomic E-state index is 0.223. The summed E-state index contributed by atoms with van der Waals surface area (Å²) in [5.74, 6) is 0.223. The second-order valence-corrected chi connectivity index (χ2v) is 5.82. The van der Waals surface area contributed by atoms with Crippen molar-refractivity contribution >= 4 is 5.91 Å². The third kappa shape index (κ3) is 11.5. The smallest absolute Gasteiger partial charge is 0.219 e. The topological polar surface area (TPSA) is 29.1 Å². The molecular weight excluding hydrogens is 198 g/mol. The maximum absolute atomic E-state index is 11.5. The van der Waals surface area contributed by atoms with Crippen molar-refractivity contribution < 1.29 is 4.79 Å². The second kappa shape index (κ2) is 8.60. The van der Waals surface area contributed by atoms with Crippen molar-refractivity contribution in [3.8, 4) is 0 Å². The zero-order valence-electron chi connectivity index (χ0n) is 11.6. The van der Waals surface area contributed by atoms with Crippen LogP contribution in [0.15, 0.2) is 0 Å². The Hall–Kier alpha value is -0.530. The number of hydrogen-bond acceptors (Lipinski definition) is 1. The number of hydrogen-bond donors (Lipinski definition) is 1. The predicted octanol–water partition coefficient (Wildman–Crippen LogP) is 3.90. The number of rotatable bonds is 8. The Morgan fingerprint density at radius 1 is 1.06 bits per heavy atom. The maximum Gasteiger partial charge on any atom is 0.219 e. The van der Waals surface area contributed by atoms with E-state index in [1.54, 1.807) is 0 Å². The molecule has 96 valence electrons. The van der Waals surface area contributed by atoms with Gasteiger partial charge in [0.25, 0.3) is 0 Å². The molecule has 0 atom stereocenters. The lowest BCUT2D eigenvalue weighted by Crippen LogP contribution is -2.24. The maximum atomic E-state index is 11.5. The normalized spacial score (nSPS) is 11.5. The van der Waals surface area contributed by atoms with Crippen LogP contribution in [0, 0.1) is 5.41 Å². The molecule has 2 heteroatoms. The van der Waals surface area contributed by atoms with E-state index in [1.165, 1.54) is 19.3 Å². The molecule has 0 bridgehead atoms. The second-order valence-electron chi connectivity index (χ2n) is 5.82. The van der Waals surface area contributed by atoms with Crippen LogP contribution in [0.3, 0.4) is 0 Å². The molecule has 1 N–H and O–H groups in total. The van der Waals surface area contributed by atoms with E-state index in [-0.39, 0.29) is 5.91 Å². The SMILES string of the molecule is CCCCCCNC(=O)CCCC(C)(C)C. The van der Waals surface area contributed by atoms with E-state index in [4.69, 9.17) is 0 Å². The van der Waals surface area contributed by atoms with Crippen molar-refractivity contribution in [1.82, 2.24) is 5.32 Å². The molecule has 0 spiro atoms. The fourth-order valence-corrected chi connectivity index (χ4v) is 1.65. The lowest BCUT2D eigenvalue weighted by molar-refractivity contribution is -0.121. The highest BCUT2D eigenvalue weighted by atomic mass is 16.1. The van der Waals surface area contributed by atoms with Crippen molar-refractivity contribution in [1.29, 1.82) is 0 Å². The summed E-state index contributed by atoms with van der Waals surface area (Å²) >= 11 is 0. The average molecular weight is 227 g/mol. The molecule has 0 aliphatic heterocycles. The van der Waals surface area contributed by atoms with E-state index in [0.717, 1.165) is 25.8 Å². The first kappa shape index (κ1) is 15.5. The number of unbranched alkanes of at least 4 members (excludes halogenated alkanes) is 3. The molecule has 1 amide bonds. The summed E-state index contributed by atoms with van der Waals surface area (Å²) in [6.07, 6.45) is 7.70. The van der Waals surface area contributed by atoms with Gasteiger partial charge >= 0.3 is 0 Å². The van der Waals surface area contributed by atoms with Crippen molar-refractivity contribution in [2.45, 2.75) is 72.6 Å². The standard InChI is InChI=1S/C14H29NO/c1-5-6-7-8-12-15-13(16)10-9-11-14(2,3)4/h5-12H2,1-4H3,(H,15,16). The van der Waals surface area contributed by atoms with E-state index in [0.29, 0.717) is 11.8 Å². The molecule has 0 saturated heterocycles. The van der Waals surface area contributed by atoms with Crippen LogP contribution in [-0.4, -0.2) is 12.5 Å². The van der Waals surface area contributed by atoms with E-state index in [9.17, 15) is 4.79 Å². The van der Waals surface area contributed by atoms with E-state index < -0.39 is 0 Å². The zero-order chi connectivity index (χ0) is 12.4. The summed E-state index contributed by atoms with van der Waals surface area (Å²) in [5, 5.41) is 2.99. The number of carbonyl (C=O) groups excluding carboxylic acids is 1. The summed E-state index contributed by atoms with van der Waals surface area (Å²) < 4.78 is 0. The van der Waals surface area contributed by atoms with Crippen LogP contribution in [0.5, 0.6) is 0 Å². The van der Waals surface area contributed by atoms with Crippen LogP contribution in [0.1, 0.15) is 72.6 Å². The average Bonchev–Trinajstić information content (AvgIpc) is 2.15. The van der Waals surface area contributed by atoms with Gasteiger partial charge in [0.05, 0.1) is 0 Å². The van der Waals surface area contributed by atoms with Gasteiger partial charge in [-0.25, -0.2) is 0 Å². The molecule has 0 rings (SSSR count). The molecule has 0 aromatic heterocycles. The third-order valence-electron chi connectivity index (χ3n) is 2.68. The molecule has 16 heavy (non-hydrogen) atoms. The minimum Gasteiger partial charge on any atom is -0.356 e. The number of nitrogens with one attached hydrogen (secondary N) is 1. The van der Waals surface area contributed by atoms with Crippen molar-refractivity contribution in [3.05, 3.63) is 0 Å². The van der Waals surface area contributed by atoms with Gasteiger partial charge in [-0.3, -0.25) is 4.79 Å². The van der Waals surface area contributed by atoms with Crippen LogP contribution in [-0.2, 0) is 4.79 Å². The summed E-state index contributed by atoms with van der Waals surface area (Å²) in [7, 11) is 0. The molecule has 0 aliphatic carbocycles.